The van der Waals surface area contributed by atoms with E-state index in [0.717, 1.165) is 35.4 Å². The first kappa shape index (κ1) is 18.4. The van der Waals surface area contributed by atoms with Gasteiger partial charge in [0.1, 0.15) is 5.75 Å². The van der Waals surface area contributed by atoms with Crippen LogP contribution in [0.3, 0.4) is 0 Å². The number of rotatable bonds is 4. The Morgan fingerprint density at radius 1 is 1.11 bits per heavy atom. The van der Waals surface area contributed by atoms with Gasteiger partial charge in [0.15, 0.2) is 0 Å². The van der Waals surface area contributed by atoms with Crippen LogP contribution in [0.25, 0.3) is 10.9 Å². The van der Waals surface area contributed by atoms with Crippen LogP contribution in [-0.4, -0.2) is 41.5 Å². The molecule has 0 atom stereocenters. The Morgan fingerprint density at radius 2 is 1.89 bits per heavy atom. The van der Waals surface area contributed by atoms with Gasteiger partial charge in [0.2, 0.25) is 5.91 Å². The number of amides is 1. The number of carbonyl (C=O) groups excluding carboxylic acids is 1. The van der Waals surface area contributed by atoms with Crippen LogP contribution in [0.1, 0.15) is 19.4 Å². The van der Waals surface area contributed by atoms with Crippen molar-refractivity contribution in [2.75, 3.05) is 25.1 Å². The highest BCUT2D eigenvalue weighted by atomic mass is 16.5. The molecule has 5 nitrogen and oxygen atoms in total. The molecule has 2 heterocycles. The quantitative estimate of drug-likeness (QED) is 0.694. The lowest BCUT2D eigenvalue weighted by Gasteiger charge is -2.46. The average molecular weight is 375 g/mol. The number of ether oxygens (including phenoxy) is 1. The van der Waals surface area contributed by atoms with E-state index in [1.807, 2.05) is 47.5 Å². The van der Waals surface area contributed by atoms with Gasteiger partial charge in [-0.2, -0.15) is 0 Å². The number of hydrogen-bond acceptors (Lipinski definition) is 4. The third-order valence-corrected chi connectivity index (χ3v) is 5.23. The maximum absolute atomic E-state index is 13.0. The van der Waals surface area contributed by atoms with E-state index in [1.165, 1.54) is 5.56 Å². The molecule has 4 rings (SSSR count). The Kier molecular flexibility index (Phi) is 4.77. The van der Waals surface area contributed by atoms with Gasteiger partial charge in [0, 0.05) is 30.4 Å². The second kappa shape index (κ2) is 7.24. The fourth-order valence-electron chi connectivity index (χ4n) is 4.09. The van der Waals surface area contributed by atoms with Crippen molar-refractivity contribution in [2.45, 2.75) is 25.9 Å². The molecule has 0 radical (unpaired) electrons. The molecule has 3 aromatic rings. The van der Waals surface area contributed by atoms with Crippen molar-refractivity contribution in [2.24, 2.45) is 0 Å². The minimum atomic E-state index is -0.303. The lowest BCUT2D eigenvalue weighted by molar-refractivity contribution is -0.123. The van der Waals surface area contributed by atoms with E-state index in [0.29, 0.717) is 6.54 Å². The van der Waals surface area contributed by atoms with Gasteiger partial charge in [-0.3, -0.25) is 14.7 Å². The van der Waals surface area contributed by atoms with Crippen LogP contribution in [-0.2, 0) is 11.3 Å². The zero-order valence-electron chi connectivity index (χ0n) is 16.6. The van der Waals surface area contributed by atoms with E-state index in [9.17, 15) is 4.79 Å². The van der Waals surface area contributed by atoms with Crippen molar-refractivity contribution in [3.8, 4) is 5.75 Å². The lowest BCUT2D eigenvalue weighted by Crippen LogP contribution is -2.62. The minimum absolute atomic E-state index is 0.115. The lowest BCUT2D eigenvalue weighted by atomic mass is 9.96. The largest absolute Gasteiger partial charge is 0.497 e. The maximum Gasteiger partial charge on any atom is 0.241 e. The van der Waals surface area contributed by atoms with Crippen LogP contribution >= 0.6 is 0 Å². The topological polar surface area (TPSA) is 45.7 Å². The number of aromatic nitrogens is 1. The van der Waals surface area contributed by atoms with Gasteiger partial charge >= 0.3 is 0 Å². The standard InChI is InChI=1S/C23H25N3O2/c1-23(2)16-25(14-17-6-11-21-18(13-17)5-4-12-24-21)15-22(27)26(23)19-7-9-20(28-3)10-8-19/h4-13H,14-16H2,1-3H3. The molecule has 1 fully saturated rings. The first-order chi connectivity index (χ1) is 13.5. The summed E-state index contributed by atoms with van der Waals surface area (Å²) in [5.74, 6) is 0.905. The van der Waals surface area contributed by atoms with E-state index in [-0.39, 0.29) is 11.4 Å². The normalized spacial score (nSPS) is 17.1. The molecule has 144 valence electrons. The number of piperazine rings is 1. The second-order valence-electron chi connectivity index (χ2n) is 7.92. The molecule has 28 heavy (non-hydrogen) atoms. The second-order valence-corrected chi connectivity index (χ2v) is 7.92. The number of benzene rings is 2. The van der Waals surface area contributed by atoms with Crippen molar-refractivity contribution in [1.29, 1.82) is 0 Å². The van der Waals surface area contributed by atoms with Crippen LogP contribution in [0.4, 0.5) is 5.69 Å². The van der Waals surface area contributed by atoms with Gasteiger partial charge < -0.3 is 9.64 Å². The molecule has 0 aliphatic carbocycles. The Labute approximate surface area is 165 Å². The van der Waals surface area contributed by atoms with Crippen LogP contribution in [0.15, 0.2) is 60.8 Å². The summed E-state index contributed by atoms with van der Waals surface area (Å²) >= 11 is 0. The van der Waals surface area contributed by atoms with Crippen LogP contribution in [0.5, 0.6) is 5.75 Å². The Bertz CT molecular complexity index is 998. The van der Waals surface area contributed by atoms with Crippen molar-refractivity contribution in [3.05, 3.63) is 66.4 Å². The van der Waals surface area contributed by atoms with Crippen molar-refractivity contribution in [1.82, 2.24) is 9.88 Å². The summed E-state index contributed by atoms with van der Waals surface area (Å²) in [6.45, 7) is 6.18. The predicted molar refractivity (Wildman–Crippen MR) is 112 cm³/mol. The van der Waals surface area contributed by atoms with Gasteiger partial charge in [-0.05, 0) is 61.9 Å². The first-order valence-corrected chi connectivity index (χ1v) is 9.49. The molecule has 1 aliphatic heterocycles. The monoisotopic (exact) mass is 375 g/mol. The van der Waals surface area contributed by atoms with Gasteiger partial charge in [0.05, 0.1) is 24.7 Å². The molecule has 0 unspecified atom stereocenters. The van der Waals surface area contributed by atoms with Crippen molar-refractivity contribution < 1.29 is 9.53 Å². The third kappa shape index (κ3) is 3.58. The molecule has 0 N–H and O–H groups in total. The van der Waals surface area contributed by atoms with E-state index in [1.54, 1.807) is 7.11 Å². The molecule has 0 spiro atoms. The number of methoxy groups -OCH3 is 1. The Hall–Kier alpha value is -2.92. The molecule has 1 aromatic heterocycles. The van der Waals surface area contributed by atoms with E-state index >= 15 is 0 Å². The van der Waals surface area contributed by atoms with Crippen molar-refractivity contribution in [3.63, 3.8) is 0 Å². The molecule has 2 aromatic carbocycles. The molecule has 0 saturated carbocycles. The number of fused-ring (bicyclic) bond motifs is 1. The van der Waals surface area contributed by atoms with Gasteiger partial charge in [0.25, 0.3) is 0 Å². The highest BCUT2D eigenvalue weighted by Gasteiger charge is 2.39. The summed E-state index contributed by atoms with van der Waals surface area (Å²) in [5, 5.41) is 1.13. The van der Waals surface area contributed by atoms with Crippen LogP contribution in [0.2, 0.25) is 0 Å². The van der Waals surface area contributed by atoms with E-state index in [2.05, 4.69) is 41.9 Å². The molecule has 1 saturated heterocycles. The smallest absolute Gasteiger partial charge is 0.241 e. The molecule has 0 bridgehead atoms. The average Bonchev–Trinajstić information content (AvgIpc) is 2.67. The van der Waals surface area contributed by atoms with Gasteiger partial charge in [-0.15, -0.1) is 0 Å². The Morgan fingerprint density at radius 3 is 2.61 bits per heavy atom. The summed E-state index contributed by atoms with van der Waals surface area (Å²) in [6.07, 6.45) is 1.81. The predicted octanol–water partition coefficient (Wildman–Crippen LogP) is 3.87. The zero-order valence-corrected chi connectivity index (χ0v) is 16.6. The summed E-state index contributed by atoms with van der Waals surface area (Å²) < 4.78 is 5.23. The summed E-state index contributed by atoms with van der Waals surface area (Å²) in [5.41, 5.74) is 2.80. The first-order valence-electron chi connectivity index (χ1n) is 9.49. The summed E-state index contributed by atoms with van der Waals surface area (Å²) in [6, 6.07) is 18.0. The SMILES string of the molecule is COc1ccc(N2C(=O)CN(Cc3ccc4ncccc4c3)CC2(C)C)cc1. The maximum atomic E-state index is 13.0. The van der Waals surface area contributed by atoms with E-state index < -0.39 is 0 Å². The molecule has 1 aliphatic rings. The van der Waals surface area contributed by atoms with Crippen molar-refractivity contribution >= 4 is 22.5 Å². The fraction of sp³-hybridized carbons (Fsp3) is 0.304. The molecule has 1 amide bonds. The fourth-order valence-corrected chi connectivity index (χ4v) is 4.09. The summed E-state index contributed by atoms with van der Waals surface area (Å²) in [4.78, 5) is 21.5. The molecular weight excluding hydrogens is 350 g/mol. The van der Waals surface area contributed by atoms with Gasteiger partial charge in [-0.1, -0.05) is 12.1 Å². The Balaban J connectivity index is 1.53. The molecular formula is C23H25N3O2. The number of carbonyl (C=O) groups is 1. The zero-order chi connectivity index (χ0) is 19.7. The van der Waals surface area contributed by atoms with Gasteiger partial charge in [-0.25, -0.2) is 0 Å². The van der Waals surface area contributed by atoms with Crippen LogP contribution < -0.4 is 9.64 Å². The van der Waals surface area contributed by atoms with E-state index in [4.69, 9.17) is 4.74 Å². The summed E-state index contributed by atoms with van der Waals surface area (Å²) in [7, 11) is 1.64. The number of nitrogens with zero attached hydrogens (tertiary/aromatic N) is 3. The highest BCUT2D eigenvalue weighted by molar-refractivity contribution is 5.97. The van der Waals surface area contributed by atoms with Crippen LogP contribution in [0, 0.1) is 0 Å². The minimum Gasteiger partial charge on any atom is -0.497 e. The third-order valence-electron chi connectivity index (χ3n) is 5.23. The molecule has 5 heteroatoms. The highest BCUT2D eigenvalue weighted by Crippen LogP contribution is 2.30. The number of hydrogen-bond donors (Lipinski definition) is 0. The number of pyridine rings is 1. The number of anilines is 1.